The fourth-order valence-corrected chi connectivity index (χ4v) is 4.81. The highest BCUT2D eigenvalue weighted by molar-refractivity contribution is 5.67. The van der Waals surface area contributed by atoms with Crippen LogP contribution in [0.4, 0.5) is 4.79 Å². The minimum Gasteiger partial charge on any atom is -0.375 e. The van der Waals surface area contributed by atoms with Gasteiger partial charge in [0.25, 0.3) is 0 Å². The molecule has 0 fully saturated rings. The van der Waals surface area contributed by atoms with Gasteiger partial charge in [-0.15, -0.1) is 0 Å². The van der Waals surface area contributed by atoms with Gasteiger partial charge in [-0.2, -0.15) is 0 Å². The molecule has 0 atom stereocenters. The van der Waals surface area contributed by atoms with Crippen molar-refractivity contribution in [3.63, 3.8) is 0 Å². The van der Waals surface area contributed by atoms with Crippen LogP contribution in [0.15, 0.2) is 146 Å². The predicted molar refractivity (Wildman–Crippen MR) is 164 cm³/mol. The Bertz CT molecular complexity index is 1640. The maximum atomic E-state index is 12.9. The normalized spacial score (nSPS) is 10.7. The van der Waals surface area contributed by atoms with E-state index in [2.05, 4.69) is 82.8 Å². The average molecular weight is 549 g/mol. The van der Waals surface area contributed by atoms with Crippen molar-refractivity contribution < 1.29 is 14.3 Å². The third kappa shape index (κ3) is 6.60. The Labute approximate surface area is 245 Å². The molecule has 0 saturated heterocycles. The molecule has 42 heavy (non-hydrogen) atoms. The standard InChI is InChI=1S/C37H28N2O3/c40-37(41-35-33(13-7-23-38-35)25-27-15-19-31(20-16-27)29-9-3-1-4-10-29)42-36-34(14-8-24-39-36)26-28-17-21-32(22-18-28)30-11-5-2-6-12-30/h1-24H,25-26H2. The van der Waals surface area contributed by atoms with Crippen LogP contribution in [0.3, 0.4) is 0 Å². The van der Waals surface area contributed by atoms with Gasteiger partial charge in [-0.25, -0.2) is 14.8 Å². The van der Waals surface area contributed by atoms with Crippen LogP contribution in [0.1, 0.15) is 22.3 Å². The lowest BCUT2D eigenvalue weighted by atomic mass is 10.0. The Morgan fingerprint density at radius 2 is 0.833 bits per heavy atom. The number of rotatable bonds is 8. The number of hydrogen-bond acceptors (Lipinski definition) is 5. The number of carbonyl (C=O) groups is 1. The first kappa shape index (κ1) is 26.7. The van der Waals surface area contributed by atoms with Gasteiger partial charge in [-0.3, -0.25) is 0 Å². The van der Waals surface area contributed by atoms with Crippen LogP contribution in [0.5, 0.6) is 11.8 Å². The lowest BCUT2D eigenvalue weighted by molar-refractivity contribution is 0.147. The summed E-state index contributed by atoms with van der Waals surface area (Å²) >= 11 is 0. The molecule has 0 aliphatic rings. The van der Waals surface area contributed by atoms with Crippen LogP contribution in [0.25, 0.3) is 22.3 Å². The first-order chi connectivity index (χ1) is 20.7. The molecule has 5 nitrogen and oxygen atoms in total. The van der Waals surface area contributed by atoms with E-state index in [0.717, 1.165) is 44.5 Å². The van der Waals surface area contributed by atoms with Crippen molar-refractivity contribution in [2.75, 3.05) is 0 Å². The summed E-state index contributed by atoms with van der Waals surface area (Å²) in [5.74, 6) is 0.423. The summed E-state index contributed by atoms with van der Waals surface area (Å²) in [6, 6.07) is 44.6. The molecule has 6 aromatic rings. The monoisotopic (exact) mass is 548 g/mol. The number of carbonyl (C=O) groups excluding carboxylic acids is 1. The fraction of sp³-hybridized carbons (Fsp3) is 0.0541. The zero-order valence-electron chi connectivity index (χ0n) is 22.9. The number of benzene rings is 4. The second-order valence-electron chi connectivity index (χ2n) is 9.87. The third-order valence-corrected chi connectivity index (χ3v) is 6.97. The first-order valence-corrected chi connectivity index (χ1v) is 13.8. The van der Waals surface area contributed by atoms with E-state index < -0.39 is 6.16 Å². The summed E-state index contributed by atoms with van der Waals surface area (Å²) in [5, 5.41) is 0. The van der Waals surface area contributed by atoms with Crippen LogP contribution in [0.2, 0.25) is 0 Å². The summed E-state index contributed by atoms with van der Waals surface area (Å²) < 4.78 is 11.1. The summed E-state index contributed by atoms with van der Waals surface area (Å²) in [6.45, 7) is 0. The molecule has 0 aliphatic carbocycles. The molecular weight excluding hydrogens is 520 g/mol. The topological polar surface area (TPSA) is 61.3 Å². The molecule has 5 heteroatoms. The molecule has 0 radical (unpaired) electrons. The molecule has 204 valence electrons. The highest BCUT2D eigenvalue weighted by Crippen LogP contribution is 2.25. The highest BCUT2D eigenvalue weighted by Gasteiger charge is 2.16. The highest BCUT2D eigenvalue weighted by atomic mass is 16.7. The van der Waals surface area contributed by atoms with E-state index in [1.807, 2.05) is 60.7 Å². The first-order valence-electron chi connectivity index (χ1n) is 13.8. The molecule has 2 aromatic heterocycles. The summed E-state index contributed by atoms with van der Waals surface area (Å²) in [6.07, 6.45) is 3.42. The van der Waals surface area contributed by atoms with Gasteiger partial charge in [0.1, 0.15) is 0 Å². The van der Waals surface area contributed by atoms with Crippen LogP contribution in [-0.2, 0) is 12.8 Å². The number of ether oxygens (including phenoxy) is 2. The van der Waals surface area contributed by atoms with E-state index in [4.69, 9.17) is 9.47 Å². The van der Waals surface area contributed by atoms with E-state index in [0.29, 0.717) is 12.8 Å². The van der Waals surface area contributed by atoms with Gasteiger partial charge >= 0.3 is 6.16 Å². The third-order valence-electron chi connectivity index (χ3n) is 6.97. The van der Waals surface area contributed by atoms with Gasteiger partial charge < -0.3 is 9.47 Å². The molecule has 4 aromatic carbocycles. The van der Waals surface area contributed by atoms with Gasteiger partial charge in [-0.1, -0.05) is 121 Å². The van der Waals surface area contributed by atoms with Gasteiger partial charge in [0, 0.05) is 36.4 Å². The van der Waals surface area contributed by atoms with Gasteiger partial charge in [-0.05, 0) is 45.5 Å². The SMILES string of the molecule is O=C(Oc1ncccc1Cc1ccc(-c2ccccc2)cc1)Oc1ncccc1Cc1ccc(-c2ccccc2)cc1. The van der Waals surface area contributed by atoms with E-state index >= 15 is 0 Å². The second kappa shape index (κ2) is 12.7. The number of aromatic nitrogens is 2. The predicted octanol–water partition coefficient (Wildman–Crippen LogP) is 8.57. The summed E-state index contributed by atoms with van der Waals surface area (Å²) in [5.41, 5.74) is 8.32. The Morgan fingerprint density at radius 1 is 0.452 bits per heavy atom. The average Bonchev–Trinajstić information content (AvgIpc) is 3.04. The van der Waals surface area contributed by atoms with Crippen LogP contribution < -0.4 is 9.47 Å². The molecule has 6 rings (SSSR count). The Kier molecular flexibility index (Phi) is 8.09. The van der Waals surface area contributed by atoms with Crippen molar-refractivity contribution >= 4 is 6.16 Å². The lowest BCUT2D eigenvalue weighted by Crippen LogP contribution is -2.17. The van der Waals surface area contributed by atoms with Crippen molar-refractivity contribution in [2.45, 2.75) is 12.8 Å². The minimum absolute atomic E-state index is 0.212. The molecule has 0 saturated carbocycles. The Morgan fingerprint density at radius 3 is 1.24 bits per heavy atom. The Balaban J connectivity index is 1.12. The minimum atomic E-state index is -0.881. The quantitative estimate of drug-likeness (QED) is 0.178. The van der Waals surface area contributed by atoms with Crippen molar-refractivity contribution in [1.29, 1.82) is 0 Å². The molecule has 0 unspecified atom stereocenters. The van der Waals surface area contributed by atoms with Gasteiger partial charge in [0.2, 0.25) is 11.8 Å². The van der Waals surface area contributed by atoms with E-state index in [1.165, 1.54) is 0 Å². The number of hydrogen-bond donors (Lipinski definition) is 0. The Hall–Kier alpha value is -5.55. The smallest absolute Gasteiger partial charge is 0.375 e. The molecule has 2 heterocycles. The zero-order chi connectivity index (χ0) is 28.6. The van der Waals surface area contributed by atoms with E-state index in [9.17, 15) is 4.79 Å². The zero-order valence-corrected chi connectivity index (χ0v) is 22.9. The van der Waals surface area contributed by atoms with E-state index in [1.54, 1.807) is 12.4 Å². The maximum absolute atomic E-state index is 12.9. The van der Waals surface area contributed by atoms with Gasteiger partial charge in [0.05, 0.1) is 0 Å². The molecular formula is C37H28N2O3. The van der Waals surface area contributed by atoms with Crippen LogP contribution >= 0.6 is 0 Å². The molecule has 0 bridgehead atoms. The number of nitrogens with zero attached hydrogens (tertiary/aromatic N) is 2. The van der Waals surface area contributed by atoms with Gasteiger partial charge in [0.15, 0.2) is 0 Å². The summed E-state index contributed by atoms with van der Waals surface area (Å²) in [7, 11) is 0. The second-order valence-corrected chi connectivity index (χ2v) is 9.87. The fourth-order valence-electron chi connectivity index (χ4n) is 4.81. The van der Waals surface area contributed by atoms with Crippen LogP contribution in [0, 0.1) is 0 Å². The molecule has 0 aliphatic heterocycles. The summed E-state index contributed by atoms with van der Waals surface area (Å²) in [4.78, 5) is 21.5. The van der Waals surface area contributed by atoms with Crippen LogP contribution in [-0.4, -0.2) is 16.1 Å². The maximum Gasteiger partial charge on any atom is 0.522 e. The molecule has 0 spiro atoms. The van der Waals surface area contributed by atoms with Crippen molar-refractivity contribution in [2.24, 2.45) is 0 Å². The molecule has 0 N–H and O–H groups in total. The lowest BCUT2D eigenvalue weighted by Gasteiger charge is -2.11. The molecule has 0 amide bonds. The largest absolute Gasteiger partial charge is 0.522 e. The number of pyridine rings is 2. The van der Waals surface area contributed by atoms with Crippen molar-refractivity contribution in [3.05, 3.63) is 168 Å². The van der Waals surface area contributed by atoms with Crippen molar-refractivity contribution in [1.82, 2.24) is 9.97 Å². The van der Waals surface area contributed by atoms with E-state index in [-0.39, 0.29) is 11.8 Å². The van der Waals surface area contributed by atoms with Crippen molar-refractivity contribution in [3.8, 4) is 34.0 Å².